The van der Waals surface area contributed by atoms with Crippen LogP contribution < -0.4 is 10.2 Å². The minimum Gasteiger partial charge on any atom is -0.371 e. The third-order valence-electron chi connectivity index (χ3n) is 5.83. The molecule has 4 heterocycles. The Morgan fingerprint density at radius 2 is 1.94 bits per heavy atom. The topological polar surface area (TPSA) is 69.7 Å². The summed E-state index contributed by atoms with van der Waals surface area (Å²) in [7, 11) is 0. The smallest absolute Gasteiger partial charge is 0.164 e. The number of aromatic amines is 1. The standard InChI is InChI=1S/C24H24ClFN6/c25-22-12-23(31-24(30-22)17-10-18(26)15-27-13-17)28-7-6-16-14-29-21-11-19(4-5-20(16)21)32-8-2-1-3-9-32/h4-5,10-15,29H,1-3,6-9H2,(H,28,30,31). The molecule has 5 rings (SSSR count). The SMILES string of the molecule is Fc1cncc(-c2nc(Cl)cc(NCCc3c[nH]c4cc(N5CCCCC5)ccc34)n2)c1. The second-order valence-electron chi connectivity index (χ2n) is 8.06. The minimum absolute atomic E-state index is 0.291. The van der Waals surface area contributed by atoms with Crippen molar-refractivity contribution in [1.82, 2.24) is 19.9 Å². The van der Waals surface area contributed by atoms with Crippen molar-refractivity contribution < 1.29 is 4.39 Å². The van der Waals surface area contributed by atoms with Crippen LogP contribution in [0.3, 0.4) is 0 Å². The number of anilines is 2. The Morgan fingerprint density at radius 3 is 2.78 bits per heavy atom. The summed E-state index contributed by atoms with van der Waals surface area (Å²) in [6, 6.07) is 9.69. The van der Waals surface area contributed by atoms with E-state index in [0.717, 1.165) is 31.2 Å². The van der Waals surface area contributed by atoms with Crippen molar-refractivity contribution in [3.8, 4) is 11.4 Å². The number of benzene rings is 1. The van der Waals surface area contributed by atoms with E-state index >= 15 is 0 Å². The fourth-order valence-electron chi connectivity index (χ4n) is 4.23. The molecule has 0 bridgehead atoms. The van der Waals surface area contributed by atoms with Gasteiger partial charge >= 0.3 is 0 Å². The Kier molecular flexibility index (Phi) is 5.90. The van der Waals surface area contributed by atoms with Crippen molar-refractivity contribution in [2.24, 2.45) is 0 Å². The van der Waals surface area contributed by atoms with Crippen molar-refractivity contribution in [3.63, 3.8) is 0 Å². The first-order valence-corrected chi connectivity index (χ1v) is 11.3. The molecule has 0 spiro atoms. The van der Waals surface area contributed by atoms with Crippen LogP contribution in [0.2, 0.25) is 5.15 Å². The largest absolute Gasteiger partial charge is 0.371 e. The highest BCUT2D eigenvalue weighted by atomic mass is 35.5. The van der Waals surface area contributed by atoms with Crippen LogP contribution in [-0.2, 0) is 6.42 Å². The number of hydrogen-bond acceptors (Lipinski definition) is 5. The molecule has 1 aliphatic heterocycles. The summed E-state index contributed by atoms with van der Waals surface area (Å²) in [6.07, 6.45) is 9.42. The molecule has 3 aromatic heterocycles. The lowest BCUT2D eigenvalue weighted by atomic mass is 10.1. The van der Waals surface area contributed by atoms with E-state index in [2.05, 4.69) is 54.5 Å². The van der Waals surface area contributed by atoms with Gasteiger partial charge in [0.1, 0.15) is 16.8 Å². The van der Waals surface area contributed by atoms with Gasteiger partial charge in [0.05, 0.1) is 6.20 Å². The summed E-state index contributed by atoms with van der Waals surface area (Å²) in [5.74, 6) is 0.490. The van der Waals surface area contributed by atoms with Gasteiger partial charge in [-0.3, -0.25) is 4.98 Å². The molecule has 1 aliphatic rings. The number of rotatable bonds is 6. The summed E-state index contributed by atoms with van der Waals surface area (Å²) in [6.45, 7) is 2.95. The van der Waals surface area contributed by atoms with Crippen molar-refractivity contribution in [1.29, 1.82) is 0 Å². The number of pyridine rings is 1. The third kappa shape index (κ3) is 4.53. The number of H-pyrrole nitrogens is 1. The maximum atomic E-state index is 13.5. The van der Waals surface area contributed by atoms with Crippen molar-refractivity contribution in [3.05, 3.63) is 65.5 Å². The average molecular weight is 451 g/mol. The van der Waals surface area contributed by atoms with Gasteiger partial charge < -0.3 is 15.2 Å². The molecule has 1 saturated heterocycles. The van der Waals surface area contributed by atoms with Gasteiger partial charge in [-0.25, -0.2) is 14.4 Å². The molecule has 164 valence electrons. The fourth-order valence-corrected chi connectivity index (χ4v) is 4.41. The number of piperidine rings is 1. The minimum atomic E-state index is -0.441. The molecule has 4 aromatic rings. The van der Waals surface area contributed by atoms with E-state index < -0.39 is 5.82 Å². The van der Waals surface area contributed by atoms with E-state index in [4.69, 9.17) is 11.6 Å². The first-order chi connectivity index (χ1) is 15.7. The zero-order chi connectivity index (χ0) is 21.9. The normalized spacial score (nSPS) is 14.1. The van der Waals surface area contributed by atoms with E-state index in [9.17, 15) is 4.39 Å². The first kappa shape index (κ1) is 20.7. The molecule has 0 amide bonds. The lowest BCUT2D eigenvalue weighted by Gasteiger charge is -2.28. The zero-order valence-electron chi connectivity index (χ0n) is 17.6. The summed E-state index contributed by atoms with van der Waals surface area (Å²) in [5.41, 5.74) is 4.18. The molecule has 0 saturated carbocycles. The van der Waals surface area contributed by atoms with Crippen LogP contribution in [0.1, 0.15) is 24.8 Å². The molecule has 2 N–H and O–H groups in total. The highest BCUT2D eigenvalue weighted by Crippen LogP contribution is 2.27. The fraction of sp³-hybridized carbons (Fsp3) is 0.292. The summed E-state index contributed by atoms with van der Waals surface area (Å²) in [5, 5.41) is 4.83. The number of nitrogens with zero attached hydrogens (tertiary/aromatic N) is 4. The Balaban J connectivity index is 1.27. The molecule has 1 aromatic carbocycles. The first-order valence-electron chi connectivity index (χ1n) is 10.9. The van der Waals surface area contributed by atoms with Gasteiger partial charge in [-0.15, -0.1) is 0 Å². The van der Waals surface area contributed by atoms with Crippen LogP contribution in [-0.4, -0.2) is 39.6 Å². The van der Waals surface area contributed by atoms with Crippen LogP contribution in [0.4, 0.5) is 15.9 Å². The number of nitrogens with one attached hydrogen (secondary N) is 2. The summed E-state index contributed by atoms with van der Waals surface area (Å²) in [4.78, 5) is 18.4. The summed E-state index contributed by atoms with van der Waals surface area (Å²) >= 11 is 6.16. The zero-order valence-corrected chi connectivity index (χ0v) is 18.4. The highest BCUT2D eigenvalue weighted by Gasteiger charge is 2.13. The van der Waals surface area contributed by atoms with Crippen molar-refractivity contribution >= 4 is 34.0 Å². The quantitative estimate of drug-likeness (QED) is 0.382. The highest BCUT2D eigenvalue weighted by molar-refractivity contribution is 6.29. The Hall–Kier alpha value is -3.19. The molecule has 8 heteroatoms. The van der Waals surface area contributed by atoms with Gasteiger partial charge in [-0.1, -0.05) is 17.7 Å². The van der Waals surface area contributed by atoms with Crippen molar-refractivity contribution in [2.75, 3.05) is 29.9 Å². The maximum Gasteiger partial charge on any atom is 0.164 e. The average Bonchev–Trinajstić information content (AvgIpc) is 3.21. The van der Waals surface area contributed by atoms with E-state index in [-0.39, 0.29) is 0 Å². The molecular formula is C24H24ClFN6. The van der Waals surface area contributed by atoms with E-state index in [1.165, 1.54) is 48.2 Å². The van der Waals surface area contributed by atoms with Gasteiger partial charge in [0, 0.05) is 60.2 Å². The molecule has 1 fully saturated rings. The van der Waals surface area contributed by atoms with E-state index in [0.29, 0.717) is 28.9 Å². The Labute approximate surface area is 190 Å². The third-order valence-corrected chi connectivity index (χ3v) is 6.02. The number of aromatic nitrogens is 4. The maximum absolute atomic E-state index is 13.5. The molecule has 32 heavy (non-hydrogen) atoms. The van der Waals surface area contributed by atoms with Crippen LogP contribution in [0.15, 0.2) is 48.9 Å². The lowest BCUT2D eigenvalue weighted by Crippen LogP contribution is -2.29. The van der Waals surface area contributed by atoms with Crippen LogP contribution in [0.5, 0.6) is 0 Å². The van der Waals surface area contributed by atoms with Gasteiger partial charge in [-0.2, -0.15) is 0 Å². The lowest BCUT2D eigenvalue weighted by molar-refractivity contribution is 0.578. The van der Waals surface area contributed by atoms with E-state index in [1.807, 2.05) is 0 Å². The predicted octanol–water partition coefficient (Wildman–Crippen LogP) is 5.46. The van der Waals surface area contributed by atoms with Crippen LogP contribution >= 0.6 is 11.6 Å². The molecule has 6 nitrogen and oxygen atoms in total. The number of fused-ring (bicyclic) bond motifs is 1. The van der Waals surface area contributed by atoms with Crippen molar-refractivity contribution in [2.45, 2.75) is 25.7 Å². The van der Waals surface area contributed by atoms with Gasteiger partial charge in [0.2, 0.25) is 0 Å². The number of hydrogen-bond donors (Lipinski definition) is 2. The monoisotopic (exact) mass is 450 g/mol. The predicted molar refractivity (Wildman–Crippen MR) is 127 cm³/mol. The number of halogens is 2. The molecule has 0 aliphatic carbocycles. The molecule has 0 atom stereocenters. The van der Waals surface area contributed by atoms with Gasteiger partial charge in [0.15, 0.2) is 5.82 Å². The molecular weight excluding hydrogens is 427 g/mol. The van der Waals surface area contributed by atoms with Crippen LogP contribution in [0, 0.1) is 5.82 Å². The second kappa shape index (κ2) is 9.12. The van der Waals surface area contributed by atoms with Crippen LogP contribution in [0.25, 0.3) is 22.3 Å². The molecule has 0 radical (unpaired) electrons. The van der Waals surface area contributed by atoms with E-state index in [1.54, 1.807) is 6.07 Å². The Bertz CT molecular complexity index is 1230. The molecule has 0 unspecified atom stereocenters. The van der Waals surface area contributed by atoms with Gasteiger partial charge in [0.25, 0.3) is 0 Å². The second-order valence-corrected chi connectivity index (χ2v) is 8.45. The summed E-state index contributed by atoms with van der Waals surface area (Å²) < 4.78 is 13.5. The Morgan fingerprint density at radius 1 is 1.06 bits per heavy atom. The van der Waals surface area contributed by atoms with Gasteiger partial charge in [-0.05, 0) is 49.4 Å².